The topological polar surface area (TPSA) is 38.3 Å². The number of hydrogen-bond donors (Lipinski definition) is 1. The van der Waals surface area contributed by atoms with Crippen LogP contribution in [-0.2, 0) is 6.61 Å². The van der Waals surface area contributed by atoms with Gasteiger partial charge < -0.3 is 10.1 Å². The molecule has 0 heterocycles. The molecule has 0 atom stereocenters. The first-order chi connectivity index (χ1) is 10.8. The maximum Gasteiger partial charge on any atom is 0.251 e. The minimum absolute atomic E-state index is 0.00140. The largest absolute Gasteiger partial charge is 0.489 e. The Morgan fingerprint density at radius 2 is 1.77 bits per heavy atom. The van der Waals surface area contributed by atoms with E-state index >= 15 is 0 Å². The molecule has 1 aliphatic rings. The summed E-state index contributed by atoms with van der Waals surface area (Å²) < 4.78 is 5.72. The number of benzene rings is 2. The zero-order valence-corrected chi connectivity index (χ0v) is 12.6. The van der Waals surface area contributed by atoms with Crippen LogP contribution in [0.5, 0.6) is 5.75 Å². The average Bonchev–Trinajstić information content (AvgIpc) is 2.53. The number of rotatable bonds is 6. The highest BCUT2D eigenvalue weighted by Crippen LogP contribution is 2.25. The Labute approximate surface area is 131 Å². The van der Waals surface area contributed by atoms with Gasteiger partial charge in [0.05, 0.1) is 0 Å². The normalized spacial score (nSPS) is 14.2. The lowest BCUT2D eigenvalue weighted by molar-refractivity contribution is 0.0939. The van der Waals surface area contributed by atoms with Crippen LogP contribution in [0.3, 0.4) is 0 Å². The van der Waals surface area contributed by atoms with Crippen molar-refractivity contribution in [3.05, 3.63) is 65.7 Å². The van der Waals surface area contributed by atoms with Gasteiger partial charge in [-0.15, -0.1) is 0 Å². The first-order valence-corrected chi connectivity index (χ1v) is 7.86. The Hall–Kier alpha value is -2.29. The van der Waals surface area contributed by atoms with Gasteiger partial charge in [0.2, 0.25) is 0 Å². The Balaban J connectivity index is 1.49. The predicted molar refractivity (Wildman–Crippen MR) is 86.9 cm³/mol. The third-order valence-corrected chi connectivity index (χ3v) is 4.14. The first kappa shape index (κ1) is 14.6. The van der Waals surface area contributed by atoms with Crippen LogP contribution in [0.15, 0.2) is 54.6 Å². The Morgan fingerprint density at radius 3 is 2.41 bits per heavy atom. The van der Waals surface area contributed by atoms with Gasteiger partial charge in [-0.05, 0) is 48.6 Å². The lowest BCUT2D eigenvalue weighted by Crippen LogP contribution is -2.32. The average molecular weight is 295 g/mol. The van der Waals surface area contributed by atoms with Gasteiger partial charge in [0.25, 0.3) is 5.91 Å². The molecule has 0 radical (unpaired) electrons. The summed E-state index contributed by atoms with van der Waals surface area (Å²) in [6.45, 7) is 1.33. The van der Waals surface area contributed by atoms with Crippen molar-refractivity contribution in [2.75, 3.05) is 6.54 Å². The van der Waals surface area contributed by atoms with Gasteiger partial charge in [0.1, 0.15) is 12.4 Å². The summed E-state index contributed by atoms with van der Waals surface area (Å²) in [5, 5.41) is 3.00. The SMILES string of the molecule is O=C(NCC1CCC1)c1ccc(OCc2ccccc2)cc1. The van der Waals surface area contributed by atoms with E-state index in [2.05, 4.69) is 5.32 Å². The molecule has 2 aromatic rings. The van der Waals surface area contributed by atoms with Gasteiger partial charge in [-0.2, -0.15) is 0 Å². The summed E-state index contributed by atoms with van der Waals surface area (Å²) in [7, 11) is 0. The summed E-state index contributed by atoms with van der Waals surface area (Å²) in [5.74, 6) is 1.46. The Kier molecular flexibility index (Phi) is 4.74. The van der Waals surface area contributed by atoms with E-state index in [9.17, 15) is 4.79 Å². The summed E-state index contributed by atoms with van der Waals surface area (Å²) in [6.07, 6.45) is 3.78. The van der Waals surface area contributed by atoms with Gasteiger partial charge in [-0.3, -0.25) is 4.79 Å². The van der Waals surface area contributed by atoms with Crippen LogP contribution in [0, 0.1) is 5.92 Å². The van der Waals surface area contributed by atoms with Crippen LogP contribution in [0.25, 0.3) is 0 Å². The van der Waals surface area contributed by atoms with Gasteiger partial charge in [0.15, 0.2) is 0 Å². The van der Waals surface area contributed by atoms with Crippen molar-refractivity contribution in [3.63, 3.8) is 0 Å². The molecule has 3 rings (SSSR count). The molecule has 1 amide bonds. The summed E-state index contributed by atoms with van der Waals surface area (Å²) in [4.78, 5) is 12.0. The maximum absolute atomic E-state index is 12.0. The van der Waals surface area contributed by atoms with Crippen LogP contribution < -0.4 is 10.1 Å². The number of ether oxygens (including phenoxy) is 1. The smallest absolute Gasteiger partial charge is 0.251 e. The standard InChI is InChI=1S/C19H21NO2/c21-19(20-13-15-7-4-8-15)17-9-11-18(12-10-17)22-14-16-5-2-1-3-6-16/h1-3,5-6,9-12,15H,4,7-8,13-14H2,(H,20,21). The molecule has 1 aliphatic carbocycles. The zero-order chi connectivity index (χ0) is 15.2. The van der Waals surface area contributed by atoms with E-state index in [4.69, 9.17) is 4.74 Å². The minimum atomic E-state index is 0.00140. The lowest BCUT2D eigenvalue weighted by atomic mass is 9.85. The Morgan fingerprint density at radius 1 is 1.05 bits per heavy atom. The van der Waals surface area contributed by atoms with Crippen LogP contribution in [0.2, 0.25) is 0 Å². The molecule has 114 valence electrons. The quantitative estimate of drug-likeness (QED) is 0.880. The predicted octanol–water partition coefficient (Wildman–Crippen LogP) is 3.80. The third-order valence-electron chi connectivity index (χ3n) is 4.14. The molecule has 1 saturated carbocycles. The molecule has 0 aromatic heterocycles. The highest BCUT2D eigenvalue weighted by Gasteiger charge is 2.18. The van der Waals surface area contributed by atoms with E-state index in [0.29, 0.717) is 18.1 Å². The number of amides is 1. The van der Waals surface area contributed by atoms with E-state index in [1.54, 1.807) is 0 Å². The molecule has 2 aromatic carbocycles. The number of hydrogen-bond acceptors (Lipinski definition) is 2. The molecule has 3 nitrogen and oxygen atoms in total. The van der Waals surface area contributed by atoms with Crippen LogP contribution in [0.1, 0.15) is 35.2 Å². The second-order valence-electron chi connectivity index (χ2n) is 5.81. The molecule has 1 fully saturated rings. The second kappa shape index (κ2) is 7.12. The summed E-state index contributed by atoms with van der Waals surface area (Å²) >= 11 is 0. The van der Waals surface area contributed by atoms with Crippen molar-refractivity contribution in [1.29, 1.82) is 0 Å². The molecule has 3 heteroatoms. The number of carbonyl (C=O) groups is 1. The highest BCUT2D eigenvalue weighted by atomic mass is 16.5. The summed E-state index contributed by atoms with van der Waals surface area (Å²) in [5.41, 5.74) is 1.82. The van der Waals surface area contributed by atoms with Crippen molar-refractivity contribution in [3.8, 4) is 5.75 Å². The second-order valence-corrected chi connectivity index (χ2v) is 5.81. The molecule has 0 aliphatic heterocycles. The molecule has 0 saturated heterocycles. The van der Waals surface area contributed by atoms with Gasteiger partial charge in [-0.25, -0.2) is 0 Å². The monoisotopic (exact) mass is 295 g/mol. The fourth-order valence-electron chi connectivity index (χ4n) is 2.48. The van der Waals surface area contributed by atoms with Crippen LogP contribution >= 0.6 is 0 Å². The van der Waals surface area contributed by atoms with E-state index < -0.39 is 0 Å². The molecular formula is C19H21NO2. The van der Waals surface area contributed by atoms with E-state index in [0.717, 1.165) is 17.9 Å². The molecule has 0 bridgehead atoms. The summed E-state index contributed by atoms with van der Waals surface area (Å²) in [6, 6.07) is 17.4. The van der Waals surface area contributed by atoms with E-state index in [1.165, 1.54) is 19.3 Å². The minimum Gasteiger partial charge on any atom is -0.489 e. The number of carbonyl (C=O) groups excluding carboxylic acids is 1. The lowest BCUT2D eigenvalue weighted by Gasteiger charge is -2.25. The van der Waals surface area contributed by atoms with Crippen molar-refractivity contribution in [1.82, 2.24) is 5.32 Å². The van der Waals surface area contributed by atoms with Crippen molar-refractivity contribution in [2.45, 2.75) is 25.9 Å². The van der Waals surface area contributed by atoms with Crippen LogP contribution in [0.4, 0.5) is 0 Å². The van der Waals surface area contributed by atoms with Gasteiger partial charge >= 0.3 is 0 Å². The van der Waals surface area contributed by atoms with Crippen molar-refractivity contribution >= 4 is 5.91 Å². The molecular weight excluding hydrogens is 274 g/mol. The van der Waals surface area contributed by atoms with Crippen molar-refractivity contribution in [2.24, 2.45) is 5.92 Å². The van der Waals surface area contributed by atoms with E-state index in [-0.39, 0.29) is 5.91 Å². The van der Waals surface area contributed by atoms with E-state index in [1.807, 2.05) is 54.6 Å². The highest BCUT2D eigenvalue weighted by molar-refractivity contribution is 5.94. The zero-order valence-electron chi connectivity index (χ0n) is 12.6. The fourth-order valence-corrected chi connectivity index (χ4v) is 2.48. The number of nitrogens with one attached hydrogen (secondary N) is 1. The first-order valence-electron chi connectivity index (χ1n) is 7.86. The van der Waals surface area contributed by atoms with Gasteiger partial charge in [0, 0.05) is 12.1 Å². The fraction of sp³-hybridized carbons (Fsp3) is 0.316. The molecule has 0 spiro atoms. The van der Waals surface area contributed by atoms with Gasteiger partial charge in [-0.1, -0.05) is 36.8 Å². The molecule has 1 N–H and O–H groups in total. The molecule has 22 heavy (non-hydrogen) atoms. The van der Waals surface area contributed by atoms with Crippen molar-refractivity contribution < 1.29 is 9.53 Å². The maximum atomic E-state index is 12.0. The molecule has 0 unspecified atom stereocenters. The Bertz CT molecular complexity index is 603. The van der Waals surface area contributed by atoms with Crippen LogP contribution in [-0.4, -0.2) is 12.5 Å². The third kappa shape index (κ3) is 3.88.